The van der Waals surface area contributed by atoms with Crippen LogP contribution < -0.4 is 17.2 Å². The number of aryl methyl sites for hydroxylation is 1. The zero-order chi connectivity index (χ0) is 15.5. The molecule has 3 unspecified atom stereocenters. The molecule has 0 heterocycles. The van der Waals surface area contributed by atoms with Gasteiger partial charge >= 0.3 is 0 Å². The molecular formula is C15H27N3O2. The summed E-state index contributed by atoms with van der Waals surface area (Å²) in [6, 6.07) is 8.97. The van der Waals surface area contributed by atoms with Gasteiger partial charge in [0.15, 0.2) is 0 Å². The minimum atomic E-state index is -0.250. The van der Waals surface area contributed by atoms with E-state index in [-0.39, 0.29) is 24.6 Å². The van der Waals surface area contributed by atoms with Gasteiger partial charge in [-0.2, -0.15) is 0 Å². The molecule has 5 nitrogen and oxygen atoms in total. The highest BCUT2D eigenvalue weighted by atomic mass is 16.3. The van der Waals surface area contributed by atoms with E-state index in [1.54, 1.807) is 0 Å². The van der Waals surface area contributed by atoms with Crippen molar-refractivity contribution in [2.24, 2.45) is 17.2 Å². The largest absolute Gasteiger partial charge is 0.483 e. The van der Waals surface area contributed by atoms with Crippen LogP contribution in [0.4, 0.5) is 0 Å². The molecule has 1 aromatic rings. The topological polar surface area (TPSA) is 115 Å². The van der Waals surface area contributed by atoms with Gasteiger partial charge in [0.1, 0.15) is 0 Å². The lowest BCUT2D eigenvalue weighted by Crippen LogP contribution is -2.39. The van der Waals surface area contributed by atoms with Gasteiger partial charge in [0.2, 0.25) is 0 Å². The Balaban J connectivity index is 0.00000110. The van der Waals surface area contributed by atoms with E-state index in [4.69, 9.17) is 27.1 Å². The summed E-state index contributed by atoms with van der Waals surface area (Å²) in [7, 11) is 0. The molecule has 0 spiro atoms. The van der Waals surface area contributed by atoms with Gasteiger partial charge in [0.25, 0.3) is 6.47 Å². The van der Waals surface area contributed by atoms with Gasteiger partial charge in [0, 0.05) is 18.1 Å². The third-order valence-electron chi connectivity index (χ3n) is 3.02. The lowest BCUT2D eigenvalue weighted by Gasteiger charge is -2.15. The molecule has 0 aliphatic heterocycles. The first kappa shape index (κ1) is 18.6. The summed E-state index contributed by atoms with van der Waals surface area (Å²) in [6.07, 6.45) is 2.85. The Morgan fingerprint density at radius 3 is 1.95 bits per heavy atom. The van der Waals surface area contributed by atoms with E-state index < -0.39 is 0 Å². The molecule has 3 atom stereocenters. The number of carbonyl (C=O) groups is 1. The second-order valence-corrected chi connectivity index (χ2v) is 5.16. The summed E-state index contributed by atoms with van der Waals surface area (Å²) in [6.45, 7) is 3.73. The Hall–Kier alpha value is -1.43. The van der Waals surface area contributed by atoms with Gasteiger partial charge in [-0.25, -0.2) is 0 Å². The van der Waals surface area contributed by atoms with Gasteiger partial charge in [0.05, 0.1) is 0 Å². The van der Waals surface area contributed by atoms with Crippen molar-refractivity contribution in [1.29, 1.82) is 0 Å². The highest BCUT2D eigenvalue weighted by molar-refractivity contribution is 5.32. The van der Waals surface area contributed by atoms with Crippen LogP contribution in [0.15, 0.2) is 24.3 Å². The van der Waals surface area contributed by atoms with Crippen LogP contribution in [-0.4, -0.2) is 29.7 Å². The van der Waals surface area contributed by atoms with E-state index in [1.807, 2.05) is 13.8 Å². The predicted octanol–water partition coefficient (Wildman–Crippen LogP) is 0.884. The molecule has 20 heavy (non-hydrogen) atoms. The first-order chi connectivity index (χ1) is 9.40. The molecule has 0 radical (unpaired) electrons. The predicted molar refractivity (Wildman–Crippen MR) is 82.4 cm³/mol. The molecule has 0 fully saturated rings. The van der Waals surface area contributed by atoms with Gasteiger partial charge in [-0.1, -0.05) is 24.3 Å². The molecular weight excluding hydrogens is 254 g/mol. The third kappa shape index (κ3) is 8.63. The summed E-state index contributed by atoms with van der Waals surface area (Å²) in [5, 5.41) is 6.89. The monoisotopic (exact) mass is 281 g/mol. The van der Waals surface area contributed by atoms with Gasteiger partial charge < -0.3 is 22.3 Å². The van der Waals surface area contributed by atoms with E-state index in [0.717, 1.165) is 19.3 Å². The molecule has 7 N–H and O–H groups in total. The molecule has 0 aliphatic rings. The molecule has 0 aliphatic carbocycles. The third-order valence-corrected chi connectivity index (χ3v) is 3.02. The second-order valence-electron chi connectivity index (χ2n) is 5.16. The van der Waals surface area contributed by atoms with Crippen LogP contribution in [-0.2, 0) is 17.6 Å². The molecule has 0 amide bonds. The summed E-state index contributed by atoms with van der Waals surface area (Å²) in [5.41, 5.74) is 20.0. The van der Waals surface area contributed by atoms with Crippen molar-refractivity contribution in [3.05, 3.63) is 35.4 Å². The van der Waals surface area contributed by atoms with Crippen LogP contribution in [0.25, 0.3) is 0 Å². The Labute approximate surface area is 121 Å². The Bertz CT molecular complexity index is 364. The minimum absolute atomic E-state index is 0.0624. The highest BCUT2D eigenvalue weighted by Gasteiger charge is 2.07. The number of hydrogen-bond donors (Lipinski definition) is 4. The van der Waals surface area contributed by atoms with E-state index >= 15 is 0 Å². The molecule has 1 rings (SSSR count). The normalized spacial score (nSPS) is 14.7. The lowest BCUT2D eigenvalue weighted by atomic mass is 9.99. The number of nitrogens with two attached hydrogens (primary N) is 3. The van der Waals surface area contributed by atoms with Crippen LogP contribution in [0.2, 0.25) is 0 Å². The van der Waals surface area contributed by atoms with E-state index in [1.165, 1.54) is 11.1 Å². The van der Waals surface area contributed by atoms with Crippen molar-refractivity contribution in [2.45, 2.75) is 51.2 Å². The maximum absolute atomic E-state index is 8.36. The standard InChI is InChI=1S/C14H25N3.CH2O2/c1-10(15)9-13-5-3-12(4-6-13)7-8-14(17)11(2)16;2-1-3/h3-6,10-11,14H,7-9,15-17H2,1-2H3;1H,(H,2,3). The summed E-state index contributed by atoms with van der Waals surface area (Å²) >= 11 is 0. The van der Waals surface area contributed by atoms with Gasteiger partial charge in [-0.15, -0.1) is 0 Å². The van der Waals surface area contributed by atoms with Crippen LogP contribution in [0.3, 0.4) is 0 Å². The Morgan fingerprint density at radius 2 is 1.55 bits per heavy atom. The number of hydrogen-bond acceptors (Lipinski definition) is 4. The first-order valence-corrected chi connectivity index (χ1v) is 6.83. The van der Waals surface area contributed by atoms with Crippen molar-refractivity contribution >= 4 is 6.47 Å². The number of carboxylic acid groups (broad SMARTS) is 1. The fraction of sp³-hybridized carbons (Fsp3) is 0.533. The maximum atomic E-state index is 8.36. The smallest absolute Gasteiger partial charge is 0.290 e. The van der Waals surface area contributed by atoms with E-state index in [0.29, 0.717) is 0 Å². The quantitative estimate of drug-likeness (QED) is 0.578. The fourth-order valence-electron chi connectivity index (χ4n) is 1.81. The molecule has 0 aromatic heterocycles. The average Bonchev–Trinajstić information content (AvgIpc) is 2.37. The maximum Gasteiger partial charge on any atom is 0.290 e. The highest BCUT2D eigenvalue weighted by Crippen LogP contribution is 2.09. The molecule has 0 bridgehead atoms. The van der Waals surface area contributed by atoms with Crippen molar-refractivity contribution < 1.29 is 9.90 Å². The summed E-state index contributed by atoms with van der Waals surface area (Å²) in [4.78, 5) is 8.36. The summed E-state index contributed by atoms with van der Waals surface area (Å²) in [5.74, 6) is 0. The first-order valence-electron chi connectivity index (χ1n) is 6.83. The summed E-state index contributed by atoms with van der Waals surface area (Å²) < 4.78 is 0. The number of benzene rings is 1. The van der Waals surface area contributed by atoms with Gasteiger partial charge in [-0.3, -0.25) is 4.79 Å². The van der Waals surface area contributed by atoms with Crippen LogP contribution in [0.5, 0.6) is 0 Å². The molecule has 114 valence electrons. The van der Waals surface area contributed by atoms with Crippen molar-refractivity contribution in [3.63, 3.8) is 0 Å². The van der Waals surface area contributed by atoms with Crippen molar-refractivity contribution in [3.8, 4) is 0 Å². The van der Waals surface area contributed by atoms with Crippen LogP contribution >= 0.6 is 0 Å². The van der Waals surface area contributed by atoms with Crippen molar-refractivity contribution in [1.82, 2.24) is 0 Å². The van der Waals surface area contributed by atoms with Crippen LogP contribution in [0, 0.1) is 0 Å². The zero-order valence-corrected chi connectivity index (χ0v) is 12.3. The Morgan fingerprint density at radius 1 is 1.10 bits per heavy atom. The van der Waals surface area contributed by atoms with Crippen molar-refractivity contribution in [2.75, 3.05) is 0 Å². The van der Waals surface area contributed by atoms with E-state index in [2.05, 4.69) is 24.3 Å². The molecule has 0 saturated carbocycles. The Kier molecular flexibility index (Phi) is 9.63. The van der Waals surface area contributed by atoms with Gasteiger partial charge in [-0.05, 0) is 44.2 Å². The molecule has 5 heteroatoms. The zero-order valence-electron chi connectivity index (χ0n) is 12.3. The fourth-order valence-corrected chi connectivity index (χ4v) is 1.81. The lowest BCUT2D eigenvalue weighted by molar-refractivity contribution is -0.122. The average molecular weight is 281 g/mol. The van der Waals surface area contributed by atoms with E-state index in [9.17, 15) is 0 Å². The molecule has 1 aromatic carbocycles. The SMILES string of the molecule is CC(N)Cc1ccc(CCC(N)C(C)N)cc1.O=CO. The van der Waals surface area contributed by atoms with Crippen LogP contribution in [0.1, 0.15) is 31.4 Å². The number of rotatable bonds is 6. The minimum Gasteiger partial charge on any atom is -0.483 e. The second kappa shape index (κ2) is 10.4. The molecule has 0 saturated heterocycles.